The lowest BCUT2D eigenvalue weighted by Gasteiger charge is -2.38. The second-order valence-corrected chi connectivity index (χ2v) is 8.76. The van der Waals surface area contributed by atoms with Crippen molar-refractivity contribution in [1.29, 1.82) is 5.26 Å². The monoisotopic (exact) mass is 478 g/mol. The van der Waals surface area contributed by atoms with Gasteiger partial charge in [0.15, 0.2) is 24.8 Å². The number of hydrogen-bond acceptors (Lipinski definition) is 9. The summed E-state index contributed by atoms with van der Waals surface area (Å²) in [5.74, 6) is 1.17. The standard InChI is InChI=1S/C24H26N6O5/c25-10-15-1-3-20-18(9-15)30(23(33)14-35-20)8-7-29-6-5-17(19(31)12-29)26-11-16-2-4-21-24(27-16)28-22(32)13-34-21/h1-4,9,17,19,26,31H,5-8,11-14H2,(H,27,28,32). The van der Waals surface area contributed by atoms with Gasteiger partial charge in [-0.1, -0.05) is 0 Å². The summed E-state index contributed by atoms with van der Waals surface area (Å²) in [6.45, 7) is 2.69. The Morgan fingerprint density at radius 3 is 2.83 bits per heavy atom. The summed E-state index contributed by atoms with van der Waals surface area (Å²) in [7, 11) is 0. The zero-order chi connectivity index (χ0) is 24.4. The summed E-state index contributed by atoms with van der Waals surface area (Å²) in [6, 6.07) is 10.7. The maximum Gasteiger partial charge on any atom is 0.265 e. The molecule has 0 bridgehead atoms. The molecule has 0 aliphatic carbocycles. The second kappa shape index (κ2) is 9.87. The molecule has 35 heavy (non-hydrogen) atoms. The number of aliphatic hydroxyl groups excluding tert-OH is 1. The number of hydrogen-bond donors (Lipinski definition) is 3. The lowest BCUT2D eigenvalue weighted by molar-refractivity contribution is -0.121. The Morgan fingerprint density at radius 1 is 1.17 bits per heavy atom. The average molecular weight is 479 g/mol. The van der Waals surface area contributed by atoms with Crippen LogP contribution >= 0.6 is 0 Å². The van der Waals surface area contributed by atoms with Crippen LogP contribution < -0.4 is 25.0 Å². The number of amides is 2. The van der Waals surface area contributed by atoms with Gasteiger partial charge in [-0.2, -0.15) is 5.26 Å². The molecule has 11 nitrogen and oxygen atoms in total. The molecule has 182 valence electrons. The number of pyridine rings is 1. The molecule has 11 heteroatoms. The number of aliphatic hydroxyl groups is 1. The molecule has 0 spiro atoms. The predicted octanol–water partition coefficient (Wildman–Crippen LogP) is 0.235. The third-order valence-corrected chi connectivity index (χ3v) is 6.41. The molecule has 1 aromatic heterocycles. The van der Waals surface area contributed by atoms with Crippen LogP contribution in [0.2, 0.25) is 0 Å². The summed E-state index contributed by atoms with van der Waals surface area (Å²) in [5.41, 5.74) is 1.82. The Labute approximate surface area is 202 Å². The van der Waals surface area contributed by atoms with Gasteiger partial charge in [-0.05, 0) is 43.3 Å². The summed E-state index contributed by atoms with van der Waals surface area (Å²) < 4.78 is 10.8. The van der Waals surface area contributed by atoms with E-state index in [1.807, 2.05) is 6.07 Å². The fourth-order valence-corrected chi connectivity index (χ4v) is 4.53. The number of benzene rings is 1. The lowest BCUT2D eigenvalue weighted by atomic mass is 10.0. The number of carbonyl (C=O) groups excluding carboxylic acids is 2. The Hall–Kier alpha value is -3.72. The molecule has 4 heterocycles. The molecule has 3 aliphatic rings. The van der Waals surface area contributed by atoms with Gasteiger partial charge >= 0.3 is 0 Å². The minimum absolute atomic E-state index is 0.00976. The van der Waals surface area contributed by atoms with Gasteiger partial charge in [0.05, 0.1) is 29.1 Å². The van der Waals surface area contributed by atoms with E-state index in [2.05, 4.69) is 26.6 Å². The highest BCUT2D eigenvalue weighted by Gasteiger charge is 2.30. The Balaban J connectivity index is 1.13. The van der Waals surface area contributed by atoms with Gasteiger partial charge in [-0.15, -0.1) is 0 Å². The fourth-order valence-electron chi connectivity index (χ4n) is 4.53. The molecule has 2 aromatic rings. The van der Waals surface area contributed by atoms with Crippen molar-refractivity contribution in [3.8, 4) is 17.6 Å². The maximum atomic E-state index is 12.5. The molecule has 5 rings (SSSR count). The van der Waals surface area contributed by atoms with Crippen molar-refractivity contribution in [2.45, 2.75) is 25.1 Å². The first-order chi connectivity index (χ1) is 17.0. The topological polar surface area (TPSA) is 140 Å². The van der Waals surface area contributed by atoms with Crippen LogP contribution in [0.15, 0.2) is 30.3 Å². The van der Waals surface area contributed by atoms with E-state index in [4.69, 9.17) is 9.47 Å². The van der Waals surface area contributed by atoms with Crippen molar-refractivity contribution in [2.24, 2.45) is 0 Å². The number of anilines is 2. The van der Waals surface area contributed by atoms with Crippen molar-refractivity contribution in [2.75, 3.05) is 49.6 Å². The summed E-state index contributed by atoms with van der Waals surface area (Å²) >= 11 is 0. The first kappa shape index (κ1) is 23.0. The first-order valence-electron chi connectivity index (χ1n) is 11.5. The second-order valence-electron chi connectivity index (χ2n) is 8.76. The number of ether oxygens (including phenoxy) is 2. The van der Waals surface area contributed by atoms with Crippen molar-refractivity contribution in [1.82, 2.24) is 15.2 Å². The number of likely N-dealkylation sites (tertiary alicyclic amines) is 1. The number of aromatic nitrogens is 1. The molecule has 3 aliphatic heterocycles. The number of rotatable bonds is 6. The highest BCUT2D eigenvalue weighted by atomic mass is 16.5. The van der Waals surface area contributed by atoms with Gasteiger partial charge in [0.1, 0.15) is 5.75 Å². The zero-order valence-corrected chi connectivity index (χ0v) is 19.1. The number of β-amino-alcohol motifs (C(OH)–C–C–N with tert-alkyl or cyclic N) is 1. The highest BCUT2D eigenvalue weighted by molar-refractivity contribution is 5.98. The van der Waals surface area contributed by atoms with Crippen LogP contribution in [0.5, 0.6) is 11.5 Å². The fraction of sp³-hybridized carbons (Fsp3) is 0.417. The van der Waals surface area contributed by atoms with Crippen LogP contribution in [0.4, 0.5) is 11.5 Å². The van der Waals surface area contributed by atoms with E-state index in [-0.39, 0.29) is 31.1 Å². The Bertz CT molecular complexity index is 1180. The predicted molar refractivity (Wildman–Crippen MR) is 125 cm³/mol. The van der Waals surface area contributed by atoms with E-state index in [0.717, 1.165) is 18.7 Å². The molecule has 1 fully saturated rings. The van der Waals surface area contributed by atoms with E-state index in [9.17, 15) is 20.0 Å². The number of nitriles is 1. The number of fused-ring (bicyclic) bond motifs is 2. The van der Waals surface area contributed by atoms with Crippen LogP contribution in [0.1, 0.15) is 17.7 Å². The maximum absolute atomic E-state index is 12.5. The largest absolute Gasteiger partial charge is 0.482 e. The van der Waals surface area contributed by atoms with Crippen LogP contribution in [-0.2, 0) is 16.1 Å². The van der Waals surface area contributed by atoms with E-state index in [1.165, 1.54) is 0 Å². The molecule has 1 aromatic carbocycles. The minimum Gasteiger partial charge on any atom is -0.482 e. The van der Waals surface area contributed by atoms with Gasteiger partial charge in [-0.25, -0.2) is 4.98 Å². The van der Waals surface area contributed by atoms with Crippen LogP contribution in [-0.4, -0.2) is 78.3 Å². The average Bonchev–Trinajstić information content (AvgIpc) is 2.87. The summed E-state index contributed by atoms with van der Waals surface area (Å²) in [4.78, 5) is 32.2. The molecule has 2 atom stereocenters. The molecule has 0 saturated carbocycles. The molecular weight excluding hydrogens is 452 g/mol. The number of piperidine rings is 1. The van der Waals surface area contributed by atoms with Gasteiger partial charge in [0.2, 0.25) is 0 Å². The minimum atomic E-state index is -0.581. The Morgan fingerprint density at radius 2 is 2.00 bits per heavy atom. The van der Waals surface area contributed by atoms with Crippen LogP contribution in [0.3, 0.4) is 0 Å². The van der Waals surface area contributed by atoms with Crippen molar-refractivity contribution >= 4 is 23.3 Å². The summed E-state index contributed by atoms with van der Waals surface area (Å²) in [5, 5.41) is 26.0. The van der Waals surface area contributed by atoms with Crippen molar-refractivity contribution in [3.05, 3.63) is 41.6 Å². The van der Waals surface area contributed by atoms with Gasteiger partial charge in [0, 0.05) is 32.2 Å². The Kier molecular flexibility index (Phi) is 6.50. The van der Waals surface area contributed by atoms with Crippen molar-refractivity contribution < 1.29 is 24.2 Å². The lowest BCUT2D eigenvalue weighted by Crippen LogP contribution is -2.54. The molecule has 2 unspecified atom stereocenters. The zero-order valence-electron chi connectivity index (χ0n) is 19.1. The molecular formula is C24H26N6O5. The van der Waals surface area contributed by atoms with Crippen LogP contribution in [0, 0.1) is 11.3 Å². The first-order valence-corrected chi connectivity index (χ1v) is 11.5. The van der Waals surface area contributed by atoms with E-state index >= 15 is 0 Å². The SMILES string of the molecule is N#Cc1ccc2c(c1)N(CCN1CCC(NCc3ccc4c(n3)NC(=O)CO4)C(O)C1)C(=O)CO2. The quantitative estimate of drug-likeness (QED) is 0.532. The molecule has 1 saturated heterocycles. The smallest absolute Gasteiger partial charge is 0.265 e. The third kappa shape index (κ3) is 5.05. The van der Waals surface area contributed by atoms with Gasteiger partial charge < -0.3 is 30.1 Å². The highest BCUT2D eigenvalue weighted by Crippen LogP contribution is 2.33. The normalized spacial score (nSPS) is 21.8. The van der Waals surface area contributed by atoms with E-state index < -0.39 is 6.10 Å². The van der Waals surface area contributed by atoms with Crippen LogP contribution in [0.25, 0.3) is 0 Å². The summed E-state index contributed by atoms with van der Waals surface area (Å²) in [6.07, 6.45) is 0.153. The number of carbonyl (C=O) groups is 2. The van der Waals surface area contributed by atoms with E-state index in [0.29, 0.717) is 54.7 Å². The van der Waals surface area contributed by atoms with Crippen molar-refractivity contribution in [3.63, 3.8) is 0 Å². The molecule has 2 amide bonds. The third-order valence-electron chi connectivity index (χ3n) is 6.41. The number of nitrogens with zero attached hydrogens (tertiary/aromatic N) is 4. The van der Waals surface area contributed by atoms with Gasteiger partial charge in [-0.3, -0.25) is 14.5 Å². The molecule has 0 radical (unpaired) electrons. The van der Waals surface area contributed by atoms with Gasteiger partial charge in [0.25, 0.3) is 11.8 Å². The number of nitrogens with one attached hydrogen (secondary N) is 2. The molecule has 3 N–H and O–H groups in total. The van der Waals surface area contributed by atoms with E-state index in [1.54, 1.807) is 29.2 Å².